The Kier molecular flexibility index (Phi) is 3.22. The number of ether oxygens (including phenoxy) is 1. The fraction of sp³-hybridized carbons (Fsp3) is 0.0833. The van der Waals surface area contributed by atoms with Gasteiger partial charge in [-0.05, 0) is 18.2 Å². The van der Waals surface area contributed by atoms with Gasteiger partial charge in [-0.1, -0.05) is 6.07 Å². The van der Waals surface area contributed by atoms with Crippen molar-refractivity contribution in [3.05, 3.63) is 41.0 Å². The summed E-state index contributed by atoms with van der Waals surface area (Å²) in [6.07, 6.45) is 1.68. The van der Waals surface area contributed by atoms with E-state index in [9.17, 15) is 4.79 Å². The SMILES string of the molecule is COC(=O)C1=CC(c2ccc3scnc3c2)=NSN1. The van der Waals surface area contributed by atoms with Gasteiger partial charge in [-0.25, -0.2) is 9.78 Å². The van der Waals surface area contributed by atoms with Gasteiger partial charge in [0.2, 0.25) is 0 Å². The number of hydrogen-bond acceptors (Lipinski definition) is 7. The largest absolute Gasteiger partial charge is 0.464 e. The molecule has 19 heavy (non-hydrogen) atoms. The van der Waals surface area contributed by atoms with Crippen LogP contribution in [0.5, 0.6) is 0 Å². The summed E-state index contributed by atoms with van der Waals surface area (Å²) >= 11 is 2.70. The van der Waals surface area contributed by atoms with Crippen LogP contribution in [0.15, 0.2) is 39.9 Å². The number of fused-ring (bicyclic) bond motifs is 1. The number of nitrogens with one attached hydrogen (secondary N) is 1. The van der Waals surface area contributed by atoms with E-state index in [4.69, 9.17) is 0 Å². The molecule has 2 aromatic rings. The van der Waals surface area contributed by atoms with Crippen molar-refractivity contribution in [2.75, 3.05) is 7.11 Å². The van der Waals surface area contributed by atoms with E-state index >= 15 is 0 Å². The molecule has 96 valence electrons. The molecule has 1 N–H and O–H groups in total. The molecule has 1 aliphatic heterocycles. The summed E-state index contributed by atoms with van der Waals surface area (Å²) in [6, 6.07) is 5.93. The predicted octanol–water partition coefficient (Wildman–Crippen LogP) is 2.31. The van der Waals surface area contributed by atoms with Gasteiger partial charge in [0.15, 0.2) is 0 Å². The van der Waals surface area contributed by atoms with E-state index in [1.165, 1.54) is 7.11 Å². The standard InChI is InChI=1S/C12H9N3O2S2/c1-17-12(16)10-5-8(14-19-15-10)7-2-3-11-9(4-7)13-6-18-11/h2-6,15H,1H3. The van der Waals surface area contributed by atoms with Crippen LogP contribution in [-0.4, -0.2) is 23.8 Å². The van der Waals surface area contributed by atoms with Crippen LogP contribution >= 0.6 is 23.5 Å². The highest BCUT2D eigenvalue weighted by molar-refractivity contribution is 7.96. The Hall–Kier alpha value is -1.86. The Morgan fingerprint density at radius 3 is 3.16 bits per heavy atom. The van der Waals surface area contributed by atoms with Gasteiger partial charge in [0.25, 0.3) is 0 Å². The van der Waals surface area contributed by atoms with Crippen molar-refractivity contribution in [3.63, 3.8) is 0 Å². The highest BCUT2D eigenvalue weighted by Crippen LogP contribution is 2.22. The van der Waals surface area contributed by atoms with Crippen molar-refractivity contribution in [1.82, 2.24) is 9.71 Å². The number of hydrogen-bond donors (Lipinski definition) is 1. The van der Waals surface area contributed by atoms with E-state index < -0.39 is 5.97 Å². The molecule has 0 spiro atoms. The Labute approximate surface area is 117 Å². The molecule has 1 aromatic heterocycles. The Morgan fingerprint density at radius 1 is 1.42 bits per heavy atom. The maximum atomic E-state index is 11.5. The first-order valence-corrected chi connectivity index (χ1v) is 7.07. The van der Waals surface area contributed by atoms with Gasteiger partial charge >= 0.3 is 5.97 Å². The lowest BCUT2D eigenvalue weighted by Gasteiger charge is -2.12. The van der Waals surface area contributed by atoms with Crippen molar-refractivity contribution in [2.45, 2.75) is 0 Å². The topological polar surface area (TPSA) is 63.6 Å². The van der Waals surface area contributed by atoms with Crippen LogP contribution in [0, 0.1) is 0 Å². The lowest BCUT2D eigenvalue weighted by Crippen LogP contribution is -2.20. The first kappa shape index (κ1) is 12.2. The third-order valence-electron chi connectivity index (χ3n) is 2.61. The molecular weight excluding hydrogens is 282 g/mol. The molecule has 0 radical (unpaired) electrons. The van der Waals surface area contributed by atoms with Crippen molar-refractivity contribution in [1.29, 1.82) is 0 Å². The number of aromatic nitrogens is 1. The summed E-state index contributed by atoms with van der Waals surface area (Å²) in [7, 11) is 1.35. The summed E-state index contributed by atoms with van der Waals surface area (Å²) in [5.74, 6) is -0.408. The summed E-state index contributed by atoms with van der Waals surface area (Å²) < 4.78 is 12.9. The first-order chi connectivity index (χ1) is 9.28. The van der Waals surface area contributed by atoms with Crippen LogP contribution in [0.2, 0.25) is 0 Å². The number of esters is 1. The normalized spacial score (nSPS) is 14.6. The summed E-state index contributed by atoms with van der Waals surface area (Å²) in [4.78, 5) is 15.8. The molecule has 0 bridgehead atoms. The molecule has 1 aliphatic rings. The zero-order valence-corrected chi connectivity index (χ0v) is 11.5. The van der Waals surface area contributed by atoms with Gasteiger partial charge < -0.3 is 9.46 Å². The van der Waals surface area contributed by atoms with E-state index in [1.54, 1.807) is 17.4 Å². The lowest BCUT2D eigenvalue weighted by molar-refractivity contribution is -0.136. The predicted molar refractivity (Wildman–Crippen MR) is 77.0 cm³/mol. The van der Waals surface area contributed by atoms with E-state index in [0.29, 0.717) is 5.70 Å². The average molecular weight is 291 g/mol. The molecule has 1 aromatic carbocycles. The number of methoxy groups -OCH3 is 1. The Bertz CT molecular complexity index is 706. The van der Waals surface area contributed by atoms with Crippen molar-refractivity contribution in [2.24, 2.45) is 4.40 Å². The molecule has 0 amide bonds. The van der Waals surface area contributed by atoms with Gasteiger partial charge in [0, 0.05) is 5.56 Å². The number of rotatable bonds is 2. The number of allylic oxidation sites excluding steroid dienone is 1. The van der Waals surface area contributed by atoms with Gasteiger partial charge in [-0.15, -0.1) is 11.3 Å². The minimum Gasteiger partial charge on any atom is -0.464 e. The molecule has 0 aliphatic carbocycles. The van der Waals surface area contributed by atoms with Crippen LogP contribution in [0.3, 0.4) is 0 Å². The first-order valence-electron chi connectivity index (χ1n) is 5.41. The van der Waals surface area contributed by atoms with Gasteiger partial charge in [0.1, 0.15) is 5.70 Å². The third kappa shape index (κ3) is 2.34. The Morgan fingerprint density at radius 2 is 2.32 bits per heavy atom. The van der Waals surface area contributed by atoms with E-state index in [1.807, 2.05) is 23.7 Å². The fourth-order valence-electron chi connectivity index (χ4n) is 1.68. The smallest absolute Gasteiger partial charge is 0.355 e. The lowest BCUT2D eigenvalue weighted by atomic mass is 10.1. The van der Waals surface area contributed by atoms with Crippen LogP contribution < -0.4 is 4.72 Å². The second-order valence-corrected chi connectivity index (χ2v) is 5.21. The monoisotopic (exact) mass is 291 g/mol. The maximum absolute atomic E-state index is 11.5. The summed E-state index contributed by atoms with van der Waals surface area (Å²) in [6.45, 7) is 0. The maximum Gasteiger partial charge on any atom is 0.355 e. The zero-order chi connectivity index (χ0) is 13.2. The number of nitrogens with zero attached hydrogens (tertiary/aromatic N) is 2. The molecule has 0 saturated carbocycles. The van der Waals surface area contributed by atoms with E-state index in [0.717, 1.165) is 33.6 Å². The van der Waals surface area contributed by atoms with Crippen molar-refractivity contribution in [3.8, 4) is 0 Å². The van der Waals surface area contributed by atoms with Gasteiger partial charge in [-0.3, -0.25) is 0 Å². The zero-order valence-electron chi connectivity index (χ0n) is 9.91. The second kappa shape index (κ2) is 5.02. The van der Waals surface area contributed by atoms with E-state index in [-0.39, 0.29) is 0 Å². The second-order valence-electron chi connectivity index (χ2n) is 3.75. The molecule has 0 unspecified atom stereocenters. The molecule has 5 nitrogen and oxygen atoms in total. The van der Waals surface area contributed by atoms with Gasteiger partial charge in [-0.2, -0.15) is 4.40 Å². The van der Waals surface area contributed by atoms with E-state index in [2.05, 4.69) is 18.8 Å². The summed E-state index contributed by atoms with van der Waals surface area (Å²) in [5.41, 5.74) is 4.77. The van der Waals surface area contributed by atoms with Crippen LogP contribution in [0.1, 0.15) is 5.56 Å². The summed E-state index contributed by atoms with van der Waals surface area (Å²) in [5, 5.41) is 0. The number of carbonyl (C=O) groups excluding carboxylic acids is 1. The molecule has 0 fully saturated rings. The minimum atomic E-state index is -0.408. The molecular formula is C12H9N3O2S2. The molecule has 7 heteroatoms. The Balaban J connectivity index is 1.99. The number of thiazole rings is 1. The number of carbonyl (C=O) groups is 1. The van der Waals surface area contributed by atoms with Gasteiger partial charge in [0.05, 0.1) is 40.7 Å². The molecule has 3 rings (SSSR count). The highest BCUT2D eigenvalue weighted by atomic mass is 32.2. The quantitative estimate of drug-likeness (QED) is 0.679. The van der Waals surface area contributed by atoms with Crippen molar-refractivity contribution < 1.29 is 9.53 Å². The van der Waals surface area contributed by atoms with Crippen LogP contribution in [-0.2, 0) is 9.53 Å². The fourth-order valence-corrected chi connectivity index (χ4v) is 2.88. The van der Waals surface area contributed by atoms with Crippen LogP contribution in [0.4, 0.5) is 0 Å². The van der Waals surface area contributed by atoms with Crippen molar-refractivity contribution >= 4 is 45.4 Å². The highest BCUT2D eigenvalue weighted by Gasteiger charge is 2.16. The average Bonchev–Trinajstić information content (AvgIpc) is 2.94. The minimum absolute atomic E-state index is 0.385. The van der Waals surface area contributed by atoms with Crippen LogP contribution in [0.25, 0.3) is 10.2 Å². The number of benzene rings is 1. The third-order valence-corrected chi connectivity index (χ3v) is 4.02. The molecule has 2 heterocycles. The molecule has 0 saturated heterocycles. The molecule has 0 atom stereocenters.